The Morgan fingerprint density at radius 3 is 2.50 bits per heavy atom. The molecule has 2 amide bonds. The van der Waals surface area contributed by atoms with Gasteiger partial charge in [-0.2, -0.15) is 5.26 Å². The van der Waals surface area contributed by atoms with Crippen molar-refractivity contribution in [3.8, 4) is 17.2 Å². The number of nitriles is 1. The Hall–Kier alpha value is -3.57. The summed E-state index contributed by atoms with van der Waals surface area (Å²) in [6.07, 6.45) is 0.236. The second-order valence-electron chi connectivity index (χ2n) is 7.96. The van der Waals surface area contributed by atoms with Gasteiger partial charge in [0.15, 0.2) is 0 Å². The lowest BCUT2D eigenvalue weighted by Gasteiger charge is -2.13. The van der Waals surface area contributed by atoms with Gasteiger partial charge in [-0.05, 0) is 48.4 Å². The van der Waals surface area contributed by atoms with E-state index in [0.29, 0.717) is 21.3 Å². The molecule has 0 aliphatic rings. The van der Waals surface area contributed by atoms with Crippen molar-refractivity contribution in [2.24, 2.45) is 0 Å². The van der Waals surface area contributed by atoms with Crippen LogP contribution in [0.5, 0.6) is 0 Å². The molecule has 1 unspecified atom stereocenters. The van der Waals surface area contributed by atoms with Crippen LogP contribution < -0.4 is 10.6 Å². The summed E-state index contributed by atoms with van der Waals surface area (Å²) < 4.78 is 0. The number of hydrogen-bond acceptors (Lipinski definition) is 5. The summed E-state index contributed by atoms with van der Waals surface area (Å²) in [5, 5.41) is 18.1. The maximum absolute atomic E-state index is 12.9. The first kappa shape index (κ1) is 25.5. The van der Waals surface area contributed by atoms with E-state index < -0.39 is 5.25 Å². The highest BCUT2D eigenvalue weighted by molar-refractivity contribution is 8.00. The molecule has 1 atom stereocenters. The van der Waals surface area contributed by atoms with Crippen molar-refractivity contribution in [1.82, 2.24) is 0 Å². The van der Waals surface area contributed by atoms with Crippen LogP contribution >= 0.6 is 34.7 Å². The number of rotatable bonds is 8. The third-order valence-corrected chi connectivity index (χ3v) is 7.54. The molecule has 180 valence electrons. The summed E-state index contributed by atoms with van der Waals surface area (Å²) in [4.78, 5) is 26.2. The number of carbonyl (C=O) groups is 2. The van der Waals surface area contributed by atoms with Gasteiger partial charge in [0.2, 0.25) is 11.8 Å². The van der Waals surface area contributed by atoms with E-state index in [9.17, 15) is 14.9 Å². The minimum atomic E-state index is -0.418. The Morgan fingerprint density at radius 1 is 1.03 bits per heavy atom. The van der Waals surface area contributed by atoms with Crippen molar-refractivity contribution in [2.75, 3.05) is 10.6 Å². The van der Waals surface area contributed by atoms with Crippen molar-refractivity contribution in [2.45, 2.75) is 23.5 Å². The summed E-state index contributed by atoms with van der Waals surface area (Å²) >= 11 is 8.62. The van der Waals surface area contributed by atoms with Crippen LogP contribution in [0.2, 0.25) is 5.02 Å². The van der Waals surface area contributed by atoms with E-state index in [0.717, 1.165) is 21.6 Å². The molecule has 8 heteroatoms. The molecular weight excluding hydrogens is 510 g/mol. The van der Waals surface area contributed by atoms with Gasteiger partial charge in [0.25, 0.3) is 0 Å². The molecule has 2 N–H and O–H groups in total. The molecule has 5 nitrogen and oxygen atoms in total. The van der Waals surface area contributed by atoms with Crippen LogP contribution in [-0.4, -0.2) is 17.1 Å². The largest absolute Gasteiger partial charge is 0.326 e. The van der Waals surface area contributed by atoms with E-state index in [-0.39, 0.29) is 18.2 Å². The molecule has 0 fully saturated rings. The van der Waals surface area contributed by atoms with Gasteiger partial charge in [0.05, 0.1) is 17.2 Å². The first-order valence-electron chi connectivity index (χ1n) is 11.1. The number of nitrogens with one attached hydrogen (secondary N) is 2. The van der Waals surface area contributed by atoms with Crippen molar-refractivity contribution < 1.29 is 9.59 Å². The number of thiophene rings is 1. The van der Waals surface area contributed by atoms with Crippen LogP contribution in [0, 0.1) is 11.3 Å². The number of thioether (sulfide) groups is 1. The number of anilines is 2. The molecule has 0 spiro atoms. The normalized spacial score (nSPS) is 11.4. The van der Waals surface area contributed by atoms with E-state index in [2.05, 4.69) is 16.7 Å². The quantitative estimate of drug-likeness (QED) is 0.235. The number of hydrogen-bond donors (Lipinski definition) is 2. The second-order valence-corrected chi connectivity index (χ2v) is 10.7. The average Bonchev–Trinajstić information content (AvgIpc) is 3.28. The van der Waals surface area contributed by atoms with Gasteiger partial charge in [-0.1, -0.05) is 60.1 Å². The monoisotopic (exact) mass is 531 g/mol. The maximum atomic E-state index is 12.9. The molecule has 0 bridgehead atoms. The summed E-state index contributed by atoms with van der Waals surface area (Å²) in [6.45, 7) is 1.81. The topological polar surface area (TPSA) is 82.0 Å². The zero-order valence-electron chi connectivity index (χ0n) is 19.3. The number of halogens is 1. The third kappa shape index (κ3) is 6.55. The predicted octanol–water partition coefficient (Wildman–Crippen LogP) is 7.24. The third-order valence-electron chi connectivity index (χ3n) is 5.30. The molecule has 36 heavy (non-hydrogen) atoms. The fraction of sp³-hybridized carbons (Fsp3) is 0.107. The van der Waals surface area contributed by atoms with Gasteiger partial charge in [0.1, 0.15) is 11.1 Å². The number of carbonyl (C=O) groups excluding carboxylic acids is 2. The van der Waals surface area contributed by atoms with E-state index in [4.69, 9.17) is 11.6 Å². The Kier molecular flexibility index (Phi) is 8.44. The van der Waals surface area contributed by atoms with Crippen LogP contribution in [0.4, 0.5) is 10.7 Å². The minimum Gasteiger partial charge on any atom is -0.326 e. The van der Waals surface area contributed by atoms with Gasteiger partial charge in [-0.25, -0.2) is 0 Å². The molecule has 4 aromatic rings. The van der Waals surface area contributed by atoms with Crippen molar-refractivity contribution in [3.05, 3.63) is 100 Å². The molecule has 0 aliphatic heterocycles. The summed E-state index contributed by atoms with van der Waals surface area (Å²) in [5.74, 6) is -0.337. The standard InChI is InChI=1S/C28H22ClN3O2S2/c1-18(27(34)32-28-24(16-30)25(17-35-28)20-6-3-2-4-7-20)36-23-9-5-8-22(15-23)31-26(33)14-19-10-12-21(29)13-11-19/h2-13,15,17-18H,14H2,1H3,(H,31,33)(H,32,34). The second kappa shape index (κ2) is 11.9. The van der Waals surface area contributed by atoms with E-state index >= 15 is 0 Å². The highest BCUT2D eigenvalue weighted by Gasteiger charge is 2.20. The van der Waals surface area contributed by atoms with Crippen molar-refractivity contribution in [3.63, 3.8) is 0 Å². The van der Waals surface area contributed by atoms with Crippen LogP contribution in [-0.2, 0) is 16.0 Å². The smallest absolute Gasteiger partial charge is 0.238 e. The molecule has 0 aliphatic carbocycles. The lowest BCUT2D eigenvalue weighted by atomic mass is 10.1. The van der Waals surface area contributed by atoms with E-state index in [1.807, 2.05) is 79.0 Å². The first-order valence-corrected chi connectivity index (χ1v) is 13.3. The van der Waals surface area contributed by atoms with Gasteiger partial charge in [-0.15, -0.1) is 23.1 Å². The zero-order chi connectivity index (χ0) is 25.5. The van der Waals surface area contributed by atoms with Crippen LogP contribution in [0.15, 0.2) is 89.1 Å². The Morgan fingerprint density at radius 2 is 1.78 bits per heavy atom. The molecule has 3 aromatic carbocycles. The molecule has 0 saturated heterocycles. The lowest BCUT2D eigenvalue weighted by Crippen LogP contribution is -2.22. The summed E-state index contributed by atoms with van der Waals surface area (Å²) in [6, 6.07) is 26.4. The van der Waals surface area contributed by atoms with Crippen LogP contribution in [0.25, 0.3) is 11.1 Å². The van der Waals surface area contributed by atoms with Crippen molar-refractivity contribution >= 4 is 57.2 Å². The van der Waals surface area contributed by atoms with Gasteiger partial charge in [-0.3, -0.25) is 9.59 Å². The lowest BCUT2D eigenvalue weighted by molar-refractivity contribution is -0.116. The summed E-state index contributed by atoms with van der Waals surface area (Å²) in [5.41, 5.74) is 3.73. The maximum Gasteiger partial charge on any atom is 0.238 e. The zero-order valence-corrected chi connectivity index (χ0v) is 21.7. The van der Waals surface area contributed by atoms with Crippen LogP contribution in [0.1, 0.15) is 18.1 Å². The highest BCUT2D eigenvalue weighted by atomic mass is 35.5. The highest BCUT2D eigenvalue weighted by Crippen LogP contribution is 2.35. The molecular formula is C28H22ClN3O2S2. The number of nitrogens with zero attached hydrogens (tertiary/aromatic N) is 1. The van der Waals surface area contributed by atoms with Gasteiger partial charge < -0.3 is 10.6 Å². The molecule has 1 heterocycles. The molecule has 1 aromatic heterocycles. The number of amides is 2. The van der Waals surface area contributed by atoms with Crippen LogP contribution in [0.3, 0.4) is 0 Å². The van der Waals surface area contributed by atoms with E-state index in [1.165, 1.54) is 23.1 Å². The SMILES string of the molecule is CC(Sc1cccc(NC(=O)Cc2ccc(Cl)cc2)c1)C(=O)Nc1scc(-c2ccccc2)c1C#N. The number of benzene rings is 3. The Balaban J connectivity index is 1.37. The predicted molar refractivity (Wildman–Crippen MR) is 149 cm³/mol. The molecule has 4 rings (SSSR count). The van der Waals surface area contributed by atoms with Gasteiger partial charge >= 0.3 is 0 Å². The van der Waals surface area contributed by atoms with Gasteiger partial charge in [0, 0.05) is 26.5 Å². The molecule has 0 radical (unpaired) electrons. The fourth-order valence-corrected chi connectivity index (χ4v) is 5.48. The fourth-order valence-electron chi connectivity index (χ4n) is 3.50. The Labute approximate surface area is 223 Å². The van der Waals surface area contributed by atoms with Crippen molar-refractivity contribution in [1.29, 1.82) is 5.26 Å². The van der Waals surface area contributed by atoms with E-state index in [1.54, 1.807) is 12.1 Å². The average molecular weight is 532 g/mol. The Bertz CT molecular complexity index is 1410. The summed E-state index contributed by atoms with van der Waals surface area (Å²) in [7, 11) is 0. The minimum absolute atomic E-state index is 0.138. The molecule has 0 saturated carbocycles. The first-order chi connectivity index (χ1) is 17.4.